The van der Waals surface area contributed by atoms with E-state index in [0.717, 1.165) is 25.2 Å². The molecule has 2 unspecified atom stereocenters. The molecule has 0 aromatic carbocycles. The third-order valence-electron chi connectivity index (χ3n) is 10.7. The maximum Gasteiger partial charge on any atom is 0.0626 e. The molecule has 0 aromatic rings. The third kappa shape index (κ3) is 3.52. The van der Waals surface area contributed by atoms with E-state index >= 15 is 0 Å². The fraction of sp³-hybridized carbons (Fsp3) is 0.926. The van der Waals surface area contributed by atoms with E-state index in [-0.39, 0.29) is 23.7 Å². The van der Waals surface area contributed by atoms with Crippen molar-refractivity contribution >= 4 is 0 Å². The Kier molecular flexibility index (Phi) is 6.23. The zero-order chi connectivity index (χ0) is 21.8. The summed E-state index contributed by atoms with van der Waals surface area (Å²) in [5.74, 6) is 3.91. The largest absolute Gasteiger partial charge is 0.393 e. The molecule has 172 valence electrons. The summed E-state index contributed by atoms with van der Waals surface area (Å²) < 4.78 is 0. The lowest BCUT2D eigenvalue weighted by atomic mass is 9.45. The Hall–Kier alpha value is -0.380. The number of rotatable bonds is 5. The van der Waals surface area contributed by atoms with Gasteiger partial charge in [-0.25, -0.2) is 0 Å². The second kappa shape index (κ2) is 8.19. The fourth-order valence-corrected chi connectivity index (χ4v) is 8.60. The lowest BCUT2D eigenvalue weighted by Gasteiger charge is -2.60. The summed E-state index contributed by atoms with van der Waals surface area (Å²) in [6.45, 7) is 11.5. The second-order valence-electron chi connectivity index (χ2n) is 12.4. The summed E-state index contributed by atoms with van der Waals surface area (Å²) in [6, 6.07) is 0. The molecule has 0 aliphatic heterocycles. The van der Waals surface area contributed by atoms with Gasteiger partial charge in [0.25, 0.3) is 0 Å². The minimum absolute atomic E-state index is 0.0783. The van der Waals surface area contributed by atoms with E-state index in [1.165, 1.54) is 25.7 Å². The average molecular weight is 419 g/mol. The van der Waals surface area contributed by atoms with E-state index < -0.39 is 0 Å². The summed E-state index contributed by atoms with van der Waals surface area (Å²) in [6.07, 6.45) is 12.5. The maximum absolute atomic E-state index is 11.1. The normalized spacial score (nSPS) is 50.0. The van der Waals surface area contributed by atoms with E-state index in [1.807, 2.05) is 0 Å². The standard InChI is InChI=1S/C27H46O3/c1-16(2)24(29)11-6-17(3)21-9-10-22-20-8-7-18-14-19(28)15-25(30)27(18,5)23(20)12-13-26(21,22)4/h7-8,16-25,28-30H,6,9-15H2,1-5H3/t17-,18?,19-,20+,21-,22+,23+,24?,25+,26-,27+/m1/s1. The molecule has 4 rings (SSSR count). The molecule has 0 aromatic heterocycles. The molecule has 3 fully saturated rings. The maximum atomic E-state index is 11.1. The molecule has 4 aliphatic carbocycles. The first-order chi connectivity index (χ1) is 14.1. The highest BCUT2D eigenvalue weighted by atomic mass is 16.3. The van der Waals surface area contributed by atoms with E-state index in [4.69, 9.17) is 0 Å². The molecule has 0 saturated heterocycles. The van der Waals surface area contributed by atoms with E-state index in [1.54, 1.807) is 0 Å². The van der Waals surface area contributed by atoms with Crippen LogP contribution in [0.3, 0.4) is 0 Å². The molecule has 30 heavy (non-hydrogen) atoms. The highest BCUT2D eigenvalue weighted by Gasteiger charge is 2.61. The van der Waals surface area contributed by atoms with Gasteiger partial charge in [0.1, 0.15) is 0 Å². The van der Waals surface area contributed by atoms with Crippen LogP contribution in [0.5, 0.6) is 0 Å². The Balaban J connectivity index is 1.51. The van der Waals surface area contributed by atoms with E-state index in [2.05, 4.69) is 46.8 Å². The van der Waals surface area contributed by atoms with Crippen molar-refractivity contribution in [3.8, 4) is 0 Å². The molecule has 0 spiro atoms. The first-order valence-electron chi connectivity index (χ1n) is 12.8. The van der Waals surface area contributed by atoms with Gasteiger partial charge in [0.15, 0.2) is 0 Å². The molecule has 3 heteroatoms. The Morgan fingerprint density at radius 2 is 1.67 bits per heavy atom. The van der Waals surface area contributed by atoms with Crippen LogP contribution in [-0.2, 0) is 0 Å². The highest BCUT2D eigenvalue weighted by Crippen LogP contribution is 2.67. The number of fused-ring (bicyclic) bond motifs is 5. The molecule has 11 atom stereocenters. The van der Waals surface area contributed by atoms with Crippen molar-refractivity contribution in [1.29, 1.82) is 0 Å². The highest BCUT2D eigenvalue weighted by molar-refractivity contribution is 5.20. The number of aliphatic hydroxyl groups excluding tert-OH is 3. The summed E-state index contributed by atoms with van der Waals surface area (Å²) in [5, 5.41) is 31.6. The van der Waals surface area contributed by atoms with Crippen molar-refractivity contribution in [2.24, 2.45) is 52.3 Å². The predicted molar refractivity (Wildman–Crippen MR) is 122 cm³/mol. The molecule has 0 heterocycles. The Labute approximate surface area is 184 Å². The summed E-state index contributed by atoms with van der Waals surface area (Å²) in [7, 11) is 0. The molecular formula is C27H46O3. The van der Waals surface area contributed by atoms with Gasteiger partial charge in [-0.05, 0) is 98.2 Å². The second-order valence-corrected chi connectivity index (χ2v) is 12.4. The van der Waals surface area contributed by atoms with E-state index in [9.17, 15) is 15.3 Å². The van der Waals surface area contributed by atoms with Crippen LogP contribution in [0.25, 0.3) is 0 Å². The molecule has 4 aliphatic rings. The summed E-state index contributed by atoms with van der Waals surface area (Å²) >= 11 is 0. The van der Waals surface area contributed by atoms with Crippen LogP contribution >= 0.6 is 0 Å². The van der Waals surface area contributed by atoms with Gasteiger partial charge < -0.3 is 15.3 Å². The summed E-state index contributed by atoms with van der Waals surface area (Å²) in [4.78, 5) is 0. The molecule has 3 N–H and O–H groups in total. The minimum atomic E-state index is -0.387. The van der Waals surface area contributed by atoms with Crippen molar-refractivity contribution < 1.29 is 15.3 Å². The van der Waals surface area contributed by atoms with Crippen LogP contribution in [0, 0.1) is 52.3 Å². The van der Waals surface area contributed by atoms with Crippen molar-refractivity contribution in [2.75, 3.05) is 0 Å². The van der Waals surface area contributed by atoms with Crippen LogP contribution < -0.4 is 0 Å². The zero-order valence-corrected chi connectivity index (χ0v) is 19.9. The molecule has 3 saturated carbocycles. The summed E-state index contributed by atoms with van der Waals surface area (Å²) in [5.41, 5.74) is 0.307. The predicted octanol–water partition coefficient (Wildman–Crippen LogP) is 5.19. The zero-order valence-electron chi connectivity index (χ0n) is 19.9. The Morgan fingerprint density at radius 3 is 2.37 bits per heavy atom. The first kappa shape index (κ1) is 22.8. The molecule has 3 nitrogen and oxygen atoms in total. The number of allylic oxidation sites excluding steroid dienone is 2. The molecular weight excluding hydrogens is 372 g/mol. The smallest absolute Gasteiger partial charge is 0.0626 e. The third-order valence-corrected chi connectivity index (χ3v) is 10.7. The van der Waals surface area contributed by atoms with Gasteiger partial charge in [0.2, 0.25) is 0 Å². The number of hydrogen-bond acceptors (Lipinski definition) is 3. The fourth-order valence-electron chi connectivity index (χ4n) is 8.60. The van der Waals surface area contributed by atoms with Crippen LogP contribution in [-0.4, -0.2) is 33.6 Å². The van der Waals surface area contributed by atoms with Crippen molar-refractivity contribution in [3.05, 3.63) is 12.2 Å². The van der Waals surface area contributed by atoms with Crippen LogP contribution in [0.4, 0.5) is 0 Å². The van der Waals surface area contributed by atoms with Gasteiger partial charge in [-0.15, -0.1) is 0 Å². The monoisotopic (exact) mass is 418 g/mol. The van der Waals surface area contributed by atoms with Gasteiger partial charge in [0, 0.05) is 5.41 Å². The van der Waals surface area contributed by atoms with Crippen molar-refractivity contribution in [1.82, 2.24) is 0 Å². The molecule has 0 bridgehead atoms. The van der Waals surface area contributed by atoms with Crippen LogP contribution in [0.15, 0.2) is 12.2 Å². The Bertz CT molecular complexity index is 644. The van der Waals surface area contributed by atoms with Gasteiger partial charge in [-0.1, -0.05) is 46.8 Å². The van der Waals surface area contributed by atoms with Gasteiger partial charge >= 0.3 is 0 Å². The lowest BCUT2D eigenvalue weighted by Crippen LogP contribution is -2.57. The van der Waals surface area contributed by atoms with Crippen molar-refractivity contribution in [2.45, 2.75) is 104 Å². The van der Waals surface area contributed by atoms with Gasteiger partial charge in [-0.3, -0.25) is 0 Å². The average Bonchev–Trinajstić information content (AvgIpc) is 3.04. The first-order valence-corrected chi connectivity index (χ1v) is 12.8. The lowest BCUT2D eigenvalue weighted by molar-refractivity contribution is -0.145. The van der Waals surface area contributed by atoms with E-state index in [0.29, 0.717) is 47.3 Å². The SMILES string of the molecule is CC(C)C(O)CC[C@@H](C)[C@H]1CC[C@H]2[C@@H]3C=CC4C[C@@H](O)C[C@H](O)[C@]4(C)[C@H]3CC[C@]12C. The molecule has 0 amide bonds. The quantitative estimate of drug-likeness (QED) is 0.539. The molecule has 0 radical (unpaired) electrons. The topological polar surface area (TPSA) is 60.7 Å². The van der Waals surface area contributed by atoms with Crippen LogP contribution in [0.1, 0.15) is 86.0 Å². The van der Waals surface area contributed by atoms with Gasteiger partial charge in [-0.2, -0.15) is 0 Å². The number of aliphatic hydroxyl groups is 3. The Morgan fingerprint density at radius 1 is 0.933 bits per heavy atom. The van der Waals surface area contributed by atoms with Crippen LogP contribution in [0.2, 0.25) is 0 Å². The van der Waals surface area contributed by atoms with Crippen molar-refractivity contribution in [3.63, 3.8) is 0 Å². The minimum Gasteiger partial charge on any atom is -0.393 e. The number of hydrogen-bond donors (Lipinski definition) is 3. The van der Waals surface area contributed by atoms with Gasteiger partial charge in [0.05, 0.1) is 18.3 Å².